The van der Waals surface area contributed by atoms with Crippen LogP contribution >= 0.6 is 0 Å². The highest BCUT2D eigenvalue weighted by atomic mass is 16.5. The molecule has 0 heterocycles. The van der Waals surface area contributed by atoms with Crippen LogP contribution in [0.4, 0.5) is 5.69 Å². The van der Waals surface area contributed by atoms with Crippen molar-refractivity contribution in [3.05, 3.63) is 24.3 Å². The summed E-state index contributed by atoms with van der Waals surface area (Å²) in [5.74, 6) is -0.130. The molecule has 0 aromatic heterocycles. The van der Waals surface area contributed by atoms with E-state index in [1.54, 1.807) is 0 Å². The van der Waals surface area contributed by atoms with E-state index in [9.17, 15) is 9.90 Å². The highest BCUT2D eigenvalue weighted by molar-refractivity contribution is 5.72. The Kier molecular flexibility index (Phi) is 4.66. The molecule has 1 aliphatic carbocycles. The van der Waals surface area contributed by atoms with Crippen molar-refractivity contribution in [3.8, 4) is 5.75 Å². The first-order valence-electron chi connectivity index (χ1n) is 6.93. The van der Waals surface area contributed by atoms with Crippen molar-refractivity contribution in [1.29, 1.82) is 0 Å². The van der Waals surface area contributed by atoms with Gasteiger partial charge in [-0.05, 0) is 44.0 Å². The van der Waals surface area contributed by atoms with Crippen LogP contribution in [0.3, 0.4) is 0 Å². The van der Waals surface area contributed by atoms with Gasteiger partial charge in [-0.1, -0.05) is 12.8 Å². The summed E-state index contributed by atoms with van der Waals surface area (Å²) in [6, 6.07) is 7.73. The summed E-state index contributed by atoms with van der Waals surface area (Å²) in [7, 11) is 0. The molecule has 4 heteroatoms. The fourth-order valence-electron chi connectivity index (χ4n) is 2.63. The van der Waals surface area contributed by atoms with E-state index in [-0.39, 0.29) is 12.0 Å². The Morgan fingerprint density at radius 2 is 2.00 bits per heavy atom. The number of rotatable bonds is 5. The van der Waals surface area contributed by atoms with Crippen LogP contribution in [0.15, 0.2) is 24.3 Å². The fourth-order valence-corrected chi connectivity index (χ4v) is 2.63. The van der Waals surface area contributed by atoms with Crippen molar-refractivity contribution in [2.75, 3.05) is 11.9 Å². The number of aliphatic carboxylic acids is 1. The van der Waals surface area contributed by atoms with Crippen LogP contribution in [0.5, 0.6) is 5.75 Å². The molecule has 2 rings (SSSR count). The zero-order valence-corrected chi connectivity index (χ0v) is 11.3. The van der Waals surface area contributed by atoms with E-state index < -0.39 is 5.97 Å². The van der Waals surface area contributed by atoms with Gasteiger partial charge in [-0.3, -0.25) is 4.79 Å². The van der Waals surface area contributed by atoms with Gasteiger partial charge in [0, 0.05) is 11.7 Å². The lowest BCUT2D eigenvalue weighted by molar-refractivity contribution is -0.143. The zero-order valence-electron chi connectivity index (χ0n) is 11.3. The Bertz CT molecular complexity index is 416. The predicted molar refractivity (Wildman–Crippen MR) is 74.6 cm³/mol. The maximum absolute atomic E-state index is 11.2. The van der Waals surface area contributed by atoms with Gasteiger partial charge in [-0.25, -0.2) is 0 Å². The SMILES string of the molecule is CCOc1ccc(NC2CCCCC2C(=O)O)cc1. The molecule has 2 atom stereocenters. The Hall–Kier alpha value is -1.71. The molecule has 0 saturated heterocycles. The van der Waals surface area contributed by atoms with Crippen molar-refractivity contribution in [1.82, 2.24) is 0 Å². The van der Waals surface area contributed by atoms with Crippen LogP contribution in [-0.4, -0.2) is 23.7 Å². The molecule has 2 unspecified atom stereocenters. The Labute approximate surface area is 113 Å². The van der Waals surface area contributed by atoms with Gasteiger partial charge >= 0.3 is 5.97 Å². The summed E-state index contributed by atoms with van der Waals surface area (Å²) in [6.45, 7) is 2.60. The molecule has 2 N–H and O–H groups in total. The summed E-state index contributed by atoms with van der Waals surface area (Å²) in [6.07, 6.45) is 3.80. The van der Waals surface area contributed by atoms with Crippen LogP contribution in [0, 0.1) is 5.92 Å². The average Bonchev–Trinajstić information content (AvgIpc) is 2.42. The highest BCUT2D eigenvalue weighted by Gasteiger charge is 2.30. The van der Waals surface area contributed by atoms with Gasteiger partial charge in [0.1, 0.15) is 5.75 Å². The minimum Gasteiger partial charge on any atom is -0.494 e. The third-order valence-corrected chi connectivity index (χ3v) is 3.60. The lowest BCUT2D eigenvalue weighted by Crippen LogP contribution is -2.37. The van der Waals surface area contributed by atoms with Crippen molar-refractivity contribution in [2.24, 2.45) is 5.92 Å². The number of ether oxygens (including phenoxy) is 1. The minimum atomic E-state index is -0.692. The van der Waals surface area contributed by atoms with E-state index in [1.165, 1.54) is 0 Å². The quantitative estimate of drug-likeness (QED) is 0.856. The Morgan fingerprint density at radius 1 is 1.32 bits per heavy atom. The average molecular weight is 263 g/mol. The molecule has 1 aliphatic rings. The standard InChI is InChI=1S/C15H21NO3/c1-2-19-12-9-7-11(8-10-12)16-14-6-4-3-5-13(14)15(17)18/h7-10,13-14,16H,2-6H2,1H3,(H,17,18). The molecule has 0 bridgehead atoms. The molecule has 104 valence electrons. The summed E-state index contributed by atoms with van der Waals surface area (Å²) in [5.41, 5.74) is 0.960. The molecular weight excluding hydrogens is 242 g/mol. The lowest BCUT2D eigenvalue weighted by atomic mass is 9.84. The number of carboxylic acid groups (broad SMARTS) is 1. The van der Waals surface area contributed by atoms with E-state index in [0.29, 0.717) is 6.61 Å². The first kappa shape index (κ1) is 13.7. The first-order valence-corrected chi connectivity index (χ1v) is 6.93. The molecule has 4 nitrogen and oxygen atoms in total. The summed E-state index contributed by atoms with van der Waals surface area (Å²) in [5, 5.41) is 12.6. The zero-order chi connectivity index (χ0) is 13.7. The molecule has 0 amide bonds. The van der Waals surface area contributed by atoms with Crippen LogP contribution < -0.4 is 10.1 Å². The second-order valence-electron chi connectivity index (χ2n) is 4.94. The first-order chi connectivity index (χ1) is 9.20. The number of hydrogen-bond donors (Lipinski definition) is 2. The van der Waals surface area contributed by atoms with Crippen molar-refractivity contribution in [2.45, 2.75) is 38.6 Å². The molecule has 0 aliphatic heterocycles. The van der Waals surface area contributed by atoms with E-state index in [2.05, 4.69) is 5.32 Å². The van der Waals surface area contributed by atoms with Gasteiger partial charge in [-0.15, -0.1) is 0 Å². The largest absolute Gasteiger partial charge is 0.494 e. The molecule has 19 heavy (non-hydrogen) atoms. The predicted octanol–water partition coefficient (Wildman–Crippen LogP) is 3.14. The maximum atomic E-state index is 11.2. The van der Waals surface area contributed by atoms with E-state index in [0.717, 1.165) is 37.1 Å². The Morgan fingerprint density at radius 3 is 2.63 bits per heavy atom. The smallest absolute Gasteiger partial charge is 0.308 e. The van der Waals surface area contributed by atoms with E-state index >= 15 is 0 Å². The van der Waals surface area contributed by atoms with Crippen molar-refractivity contribution < 1.29 is 14.6 Å². The molecule has 1 aromatic rings. The molecule has 0 spiro atoms. The summed E-state index contributed by atoms with van der Waals surface area (Å²) in [4.78, 5) is 11.2. The number of anilines is 1. The van der Waals surface area contributed by atoms with E-state index in [4.69, 9.17) is 4.74 Å². The number of hydrogen-bond acceptors (Lipinski definition) is 3. The van der Waals surface area contributed by atoms with Crippen LogP contribution in [0.2, 0.25) is 0 Å². The minimum absolute atomic E-state index is 0.0317. The van der Waals surface area contributed by atoms with Gasteiger partial charge in [0.15, 0.2) is 0 Å². The Balaban J connectivity index is 2.00. The number of nitrogens with one attached hydrogen (secondary N) is 1. The van der Waals surface area contributed by atoms with Crippen LogP contribution in [0.1, 0.15) is 32.6 Å². The number of benzene rings is 1. The molecule has 1 aromatic carbocycles. The van der Waals surface area contributed by atoms with Gasteiger partial charge in [0.25, 0.3) is 0 Å². The molecular formula is C15H21NO3. The van der Waals surface area contributed by atoms with Crippen molar-refractivity contribution in [3.63, 3.8) is 0 Å². The van der Waals surface area contributed by atoms with Gasteiger partial charge < -0.3 is 15.2 Å². The fraction of sp³-hybridized carbons (Fsp3) is 0.533. The molecule has 0 radical (unpaired) electrons. The lowest BCUT2D eigenvalue weighted by Gasteiger charge is -2.30. The van der Waals surface area contributed by atoms with Gasteiger partial charge in [0.2, 0.25) is 0 Å². The normalized spacial score (nSPS) is 22.8. The number of carboxylic acids is 1. The van der Waals surface area contributed by atoms with Crippen LogP contribution in [0.25, 0.3) is 0 Å². The second-order valence-corrected chi connectivity index (χ2v) is 4.94. The monoisotopic (exact) mass is 263 g/mol. The second kappa shape index (κ2) is 6.45. The summed E-state index contributed by atoms with van der Waals surface area (Å²) >= 11 is 0. The van der Waals surface area contributed by atoms with Crippen molar-refractivity contribution >= 4 is 11.7 Å². The van der Waals surface area contributed by atoms with Gasteiger partial charge in [-0.2, -0.15) is 0 Å². The highest BCUT2D eigenvalue weighted by Crippen LogP contribution is 2.28. The maximum Gasteiger partial charge on any atom is 0.308 e. The van der Waals surface area contributed by atoms with Crippen LogP contribution in [-0.2, 0) is 4.79 Å². The van der Waals surface area contributed by atoms with E-state index in [1.807, 2.05) is 31.2 Å². The molecule has 1 fully saturated rings. The topological polar surface area (TPSA) is 58.6 Å². The number of carbonyl (C=O) groups is 1. The third kappa shape index (κ3) is 3.63. The summed E-state index contributed by atoms with van der Waals surface area (Å²) < 4.78 is 5.39. The van der Waals surface area contributed by atoms with Gasteiger partial charge in [0.05, 0.1) is 12.5 Å². The molecule has 1 saturated carbocycles. The third-order valence-electron chi connectivity index (χ3n) is 3.60.